The van der Waals surface area contributed by atoms with Gasteiger partial charge in [-0.2, -0.15) is 0 Å². The van der Waals surface area contributed by atoms with E-state index in [0.717, 1.165) is 0 Å². The third kappa shape index (κ3) is 16.7. The fourth-order valence-corrected chi connectivity index (χ4v) is 6.89. The molecule has 2 bridgehead atoms. The van der Waals surface area contributed by atoms with Crippen molar-refractivity contribution in [2.45, 2.75) is 84.0 Å². The molecule has 0 amide bonds. The van der Waals surface area contributed by atoms with Gasteiger partial charge in [0.25, 0.3) is 0 Å². The fraction of sp³-hybridized carbons (Fsp3) is 1.00. The maximum atomic E-state index is 9.75. The summed E-state index contributed by atoms with van der Waals surface area (Å²) in [6, 6.07) is 0. The zero-order valence-corrected chi connectivity index (χ0v) is 21.8. The van der Waals surface area contributed by atoms with E-state index in [1.807, 2.05) is 0 Å². The van der Waals surface area contributed by atoms with Gasteiger partial charge in [-0.15, -0.1) is 15.8 Å². The van der Waals surface area contributed by atoms with Crippen LogP contribution in [0.5, 0.6) is 0 Å². The second kappa shape index (κ2) is 12.8. The van der Waals surface area contributed by atoms with Gasteiger partial charge in [-0.3, -0.25) is 0 Å². The molecule has 0 aromatic heterocycles. The van der Waals surface area contributed by atoms with E-state index in [-0.39, 0.29) is 35.3 Å². The smallest absolute Gasteiger partial charge is 0.418 e. The molecule has 0 spiro atoms. The van der Waals surface area contributed by atoms with Gasteiger partial charge in [-0.25, -0.2) is 0 Å². The minimum atomic E-state index is -6.00. The third-order valence-electron chi connectivity index (χ3n) is 5.69. The Balaban J connectivity index is 0. The first-order chi connectivity index (χ1) is 11.5. The van der Waals surface area contributed by atoms with E-state index in [1.54, 1.807) is 32.1 Å². The summed E-state index contributed by atoms with van der Waals surface area (Å²) in [4.78, 5) is 0. The van der Waals surface area contributed by atoms with Gasteiger partial charge in [0.2, 0.25) is 0 Å². The van der Waals surface area contributed by atoms with Gasteiger partial charge in [-0.1, -0.05) is 67.2 Å². The van der Waals surface area contributed by atoms with Crippen molar-refractivity contribution < 1.29 is 36.7 Å². The van der Waals surface area contributed by atoms with Gasteiger partial charge in [0.1, 0.15) is 0 Å². The average molecular weight is 520 g/mol. The Morgan fingerprint density at radius 1 is 0.704 bits per heavy atom. The Hall–Kier alpha value is 1.27. The molecule has 1 radical (unpaired) electrons. The molecule has 167 valence electrons. The molecule has 0 nitrogen and oxygen atoms in total. The molecule has 2 rings (SSSR count). The summed E-state index contributed by atoms with van der Waals surface area (Å²) in [5.74, 6) is 2.34. The van der Waals surface area contributed by atoms with E-state index in [2.05, 4.69) is 54.9 Å². The van der Waals surface area contributed by atoms with Crippen molar-refractivity contribution >= 4 is 23.1 Å². The number of rotatable bonds is 3. The number of hydrogen-bond donors (Lipinski definition) is 0. The normalized spacial score (nSPS) is 24.0. The SMILES string of the molecule is C1CC2CCC1C2.CP(CCP(C)C(C)(C)C)C(C)(C)C.F[B-](F)(F)F.[Rh]. The van der Waals surface area contributed by atoms with Crippen molar-refractivity contribution in [3.8, 4) is 0 Å². The maximum Gasteiger partial charge on any atom is 0.673 e. The largest absolute Gasteiger partial charge is 0.673 e. The van der Waals surface area contributed by atoms with E-state index < -0.39 is 7.25 Å². The van der Waals surface area contributed by atoms with Crippen molar-refractivity contribution in [2.75, 3.05) is 25.7 Å². The second-order valence-corrected chi connectivity index (χ2v) is 16.2. The van der Waals surface area contributed by atoms with Crippen molar-refractivity contribution in [2.24, 2.45) is 11.8 Å². The van der Waals surface area contributed by atoms with Gasteiger partial charge >= 0.3 is 7.25 Å². The van der Waals surface area contributed by atoms with Gasteiger partial charge in [0, 0.05) is 19.5 Å². The summed E-state index contributed by atoms with van der Waals surface area (Å²) in [5, 5.41) is 1.09. The Morgan fingerprint density at radius 2 is 0.926 bits per heavy atom. The maximum absolute atomic E-state index is 9.75. The minimum absolute atomic E-state index is 0. The molecular weight excluding hydrogens is 480 g/mol. The predicted molar refractivity (Wildman–Crippen MR) is 115 cm³/mol. The summed E-state index contributed by atoms with van der Waals surface area (Å²) in [6.07, 6.45) is 10.7. The first-order valence-electron chi connectivity index (χ1n) is 9.80. The molecule has 2 saturated carbocycles. The summed E-state index contributed by atoms with van der Waals surface area (Å²) in [7, 11) is -5.57. The summed E-state index contributed by atoms with van der Waals surface area (Å²) in [5.41, 5.74) is 0. The van der Waals surface area contributed by atoms with E-state index in [4.69, 9.17) is 0 Å². The van der Waals surface area contributed by atoms with Crippen LogP contribution in [0.3, 0.4) is 0 Å². The molecule has 27 heavy (non-hydrogen) atoms. The third-order valence-corrected chi connectivity index (χ3v) is 12.4. The molecule has 0 aliphatic heterocycles. The number of fused-ring (bicyclic) bond motifs is 2. The van der Waals surface area contributed by atoms with Crippen LogP contribution in [0.4, 0.5) is 17.3 Å². The molecule has 0 heterocycles. The first kappa shape index (κ1) is 30.5. The summed E-state index contributed by atoms with van der Waals surface area (Å²) in [6.45, 7) is 19.2. The number of halogens is 4. The first-order valence-corrected chi connectivity index (χ1v) is 13.7. The van der Waals surface area contributed by atoms with Crippen molar-refractivity contribution in [3.63, 3.8) is 0 Å². The molecule has 2 unspecified atom stereocenters. The van der Waals surface area contributed by atoms with Crippen molar-refractivity contribution in [3.05, 3.63) is 0 Å². The predicted octanol–water partition coefficient (Wildman–Crippen LogP) is 8.30. The second-order valence-electron chi connectivity index (χ2n) is 9.80. The van der Waals surface area contributed by atoms with Crippen LogP contribution >= 0.6 is 15.8 Å². The van der Waals surface area contributed by atoms with Crippen LogP contribution < -0.4 is 0 Å². The topological polar surface area (TPSA) is 0 Å². The molecule has 0 saturated heterocycles. The van der Waals surface area contributed by atoms with E-state index >= 15 is 0 Å². The molecule has 0 aromatic rings. The molecule has 2 aliphatic rings. The van der Waals surface area contributed by atoms with Gasteiger partial charge in [0.05, 0.1) is 0 Å². The van der Waals surface area contributed by atoms with Crippen LogP contribution in [0.15, 0.2) is 0 Å². The zero-order valence-electron chi connectivity index (χ0n) is 18.4. The summed E-state index contributed by atoms with van der Waals surface area (Å²) >= 11 is 0. The average Bonchev–Trinajstić information content (AvgIpc) is 3.06. The quantitative estimate of drug-likeness (QED) is 0.200. The van der Waals surface area contributed by atoms with Gasteiger partial charge in [-0.05, 0) is 54.2 Å². The Bertz CT molecular complexity index is 351. The van der Waals surface area contributed by atoms with Crippen LogP contribution in [-0.2, 0) is 19.5 Å². The summed E-state index contributed by atoms with van der Waals surface area (Å²) < 4.78 is 39.0. The Kier molecular flexibility index (Phi) is 14.5. The molecule has 2 fully saturated rings. The zero-order chi connectivity index (χ0) is 20.8. The minimum Gasteiger partial charge on any atom is -0.418 e. The van der Waals surface area contributed by atoms with Crippen LogP contribution in [-0.4, -0.2) is 43.2 Å². The van der Waals surface area contributed by atoms with Crippen LogP contribution in [0, 0.1) is 11.8 Å². The molecule has 8 heteroatoms. The van der Waals surface area contributed by atoms with Gasteiger partial charge in [0.15, 0.2) is 0 Å². The molecule has 0 aromatic carbocycles. The van der Waals surface area contributed by atoms with Crippen LogP contribution in [0.2, 0.25) is 0 Å². The standard InChI is InChI=1S/C12H28P2.C7H12.BF4.Rh/c1-11(2,3)13(7)9-10-14(8)12(4,5)6;1-2-7-4-3-6(1)5-7;2-1(3,4)5;/h9-10H2,1-8H3;6-7H,1-5H2;;/q;;-1;. The van der Waals surface area contributed by atoms with Crippen LogP contribution in [0.25, 0.3) is 0 Å². The van der Waals surface area contributed by atoms with Crippen molar-refractivity contribution in [1.82, 2.24) is 0 Å². The van der Waals surface area contributed by atoms with E-state index in [9.17, 15) is 17.3 Å². The van der Waals surface area contributed by atoms with Gasteiger partial charge < -0.3 is 17.3 Å². The van der Waals surface area contributed by atoms with Crippen LogP contribution in [0.1, 0.15) is 73.6 Å². The molecule has 0 N–H and O–H groups in total. The van der Waals surface area contributed by atoms with E-state index in [0.29, 0.717) is 10.3 Å². The van der Waals surface area contributed by atoms with Crippen molar-refractivity contribution in [1.29, 1.82) is 0 Å². The Labute approximate surface area is 181 Å². The monoisotopic (exact) mass is 520 g/mol. The fourth-order valence-electron chi connectivity index (χ4n) is 3.15. The molecule has 2 aliphatic carbocycles. The molecule has 2 atom stereocenters. The molecular formula is C19H40BF4P2Rh-. The Morgan fingerprint density at radius 3 is 1.04 bits per heavy atom. The van der Waals surface area contributed by atoms with E-state index in [1.165, 1.54) is 24.2 Å². The number of hydrogen-bond acceptors (Lipinski definition) is 0.